The van der Waals surface area contributed by atoms with Crippen LogP contribution in [0, 0.1) is 5.92 Å². The average molecular weight is 297 g/mol. The Morgan fingerprint density at radius 2 is 2.16 bits per heavy atom. The molecular formula is C15H21ClN2S. The molecule has 1 aromatic carbocycles. The summed E-state index contributed by atoms with van der Waals surface area (Å²) >= 11 is 7.77. The Morgan fingerprint density at radius 1 is 1.32 bits per heavy atom. The molecule has 0 amide bonds. The van der Waals surface area contributed by atoms with E-state index in [0.29, 0.717) is 0 Å². The highest BCUT2D eigenvalue weighted by molar-refractivity contribution is 7.18. The van der Waals surface area contributed by atoms with Crippen molar-refractivity contribution in [2.75, 3.05) is 6.54 Å². The molecule has 0 bridgehead atoms. The number of hydrogen-bond donors (Lipinski definition) is 1. The van der Waals surface area contributed by atoms with Crippen LogP contribution in [0.1, 0.15) is 37.6 Å². The lowest BCUT2D eigenvalue weighted by Gasteiger charge is -2.13. The second kappa shape index (κ2) is 7.22. The minimum atomic E-state index is 0.741. The Hall–Kier alpha value is -0.640. The molecular weight excluding hydrogens is 276 g/mol. The summed E-state index contributed by atoms with van der Waals surface area (Å²) in [5, 5.41) is 1.98. The number of nitrogens with two attached hydrogens (primary N) is 1. The summed E-state index contributed by atoms with van der Waals surface area (Å²) < 4.78 is 1.23. The minimum absolute atomic E-state index is 0.741. The van der Waals surface area contributed by atoms with Crippen molar-refractivity contribution in [2.24, 2.45) is 11.7 Å². The van der Waals surface area contributed by atoms with E-state index < -0.39 is 0 Å². The molecule has 0 aliphatic rings. The Morgan fingerprint density at radius 3 is 2.89 bits per heavy atom. The number of benzene rings is 1. The SMILES string of the molecule is CCCC(CCN)CCc1nc2cc(Cl)ccc2s1. The number of thiazole rings is 1. The molecule has 19 heavy (non-hydrogen) atoms. The highest BCUT2D eigenvalue weighted by Gasteiger charge is 2.10. The second-order valence-corrected chi connectivity index (χ2v) is 6.54. The molecule has 2 N–H and O–H groups in total. The summed E-state index contributed by atoms with van der Waals surface area (Å²) in [6.07, 6.45) is 5.89. The highest BCUT2D eigenvalue weighted by atomic mass is 35.5. The van der Waals surface area contributed by atoms with Gasteiger partial charge >= 0.3 is 0 Å². The van der Waals surface area contributed by atoms with Crippen LogP contribution in [0.5, 0.6) is 0 Å². The number of nitrogens with zero attached hydrogens (tertiary/aromatic N) is 1. The van der Waals surface area contributed by atoms with Crippen LogP contribution in [-0.4, -0.2) is 11.5 Å². The molecule has 0 radical (unpaired) electrons. The van der Waals surface area contributed by atoms with Gasteiger partial charge in [0.05, 0.1) is 15.2 Å². The van der Waals surface area contributed by atoms with E-state index >= 15 is 0 Å². The molecule has 0 saturated heterocycles. The minimum Gasteiger partial charge on any atom is -0.330 e. The van der Waals surface area contributed by atoms with Crippen LogP contribution in [0.15, 0.2) is 18.2 Å². The van der Waals surface area contributed by atoms with Crippen molar-refractivity contribution in [1.29, 1.82) is 0 Å². The van der Waals surface area contributed by atoms with Gasteiger partial charge in [-0.25, -0.2) is 4.98 Å². The smallest absolute Gasteiger partial charge is 0.0938 e. The van der Waals surface area contributed by atoms with Gasteiger partial charge in [0.25, 0.3) is 0 Å². The van der Waals surface area contributed by atoms with E-state index in [2.05, 4.69) is 18.0 Å². The fourth-order valence-corrected chi connectivity index (χ4v) is 3.59. The van der Waals surface area contributed by atoms with Gasteiger partial charge in [0.1, 0.15) is 0 Å². The third-order valence-corrected chi connectivity index (χ3v) is 4.76. The van der Waals surface area contributed by atoms with E-state index in [1.54, 1.807) is 11.3 Å². The number of halogens is 1. The summed E-state index contributed by atoms with van der Waals surface area (Å²) in [7, 11) is 0. The lowest BCUT2D eigenvalue weighted by Crippen LogP contribution is -2.09. The maximum atomic E-state index is 5.99. The molecule has 4 heteroatoms. The summed E-state index contributed by atoms with van der Waals surface area (Å²) in [5.74, 6) is 0.741. The third kappa shape index (κ3) is 4.16. The molecule has 2 rings (SSSR count). The molecule has 1 unspecified atom stereocenters. The molecule has 0 aliphatic heterocycles. The summed E-state index contributed by atoms with van der Waals surface area (Å²) in [6, 6.07) is 5.93. The molecule has 1 heterocycles. The van der Waals surface area contributed by atoms with Gasteiger partial charge in [-0.3, -0.25) is 0 Å². The number of hydrogen-bond acceptors (Lipinski definition) is 3. The molecule has 1 aromatic heterocycles. The first-order chi connectivity index (χ1) is 9.22. The van der Waals surface area contributed by atoms with Crippen LogP contribution in [0.25, 0.3) is 10.2 Å². The fraction of sp³-hybridized carbons (Fsp3) is 0.533. The zero-order chi connectivity index (χ0) is 13.7. The second-order valence-electron chi connectivity index (χ2n) is 4.99. The van der Waals surface area contributed by atoms with Crippen LogP contribution in [-0.2, 0) is 6.42 Å². The predicted octanol–water partition coefficient (Wildman–Crippen LogP) is 4.65. The van der Waals surface area contributed by atoms with Gasteiger partial charge in [-0.1, -0.05) is 31.4 Å². The van der Waals surface area contributed by atoms with Crippen molar-refractivity contribution in [3.63, 3.8) is 0 Å². The molecule has 0 aliphatic carbocycles. The molecule has 0 saturated carbocycles. The first-order valence-electron chi connectivity index (χ1n) is 6.98. The van der Waals surface area contributed by atoms with Crippen molar-refractivity contribution in [3.8, 4) is 0 Å². The predicted molar refractivity (Wildman–Crippen MR) is 85.0 cm³/mol. The number of aromatic nitrogens is 1. The number of rotatable bonds is 7. The highest BCUT2D eigenvalue weighted by Crippen LogP contribution is 2.27. The largest absolute Gasteiger partial charge is 0.330 e. The van der Waals surface area contributed by atoms with Gasteiger partial charge in [-0.15, -0.1) is 11.3 Å². The molecule has 2 nitrogen and oxygen atoms in total. The van der Waals surface area contributed by atoms with E-state index in [1.807, 2.05) is 12.1 Å². The standard InChI is InChI=1S/C15H21ClN2S/c1-2-3-11(8-9-17)4-7-15-18-13-10-12(16)5-6-14(13)19-15/h5-6,10-11H,2-4,7-9,17H2,1H3. The average Bonchev–Trinajstić information content (AvgIpc) is 2.78. The van der Waals surface area contributed by atoms with Crippen molar-refractivity contribution < 1.29 is 0 Å². The Labute approximate surface area is 124 Å². The zero-order valence-electron chi connectivity index (χ0n) is 11.4. The van der Waals surface area contributed by atoms with Crippen LogP contribution in [0.2, 0.25) is 5.02 Å². The lowest BCUT2D eigenvalue weighted by molar-refractivity contribution is 0.421. The third-order valence-electron chi connectivity index (χ3n) is 3.43. The van der Waals surface area contributed by atoms with Crippen molar-refractivity contribution in [3.05, 3.63) is 28.2 Å². The van der Waals surface area contributed by atoms with E-state index in [1.165, 1.54) is 29.0 Å². The summed E-state index contributed by atoms with van der Waals surface area (Å²) in [5.41, 5.74) is 6.71. The van der Waals surface area contributed by atoms with E-state index in [0.717, 1.165) is 35.8 Å². The van der Waals surface area contributed by atoms with E-state index in [4.69, 9.17) is 17.3 Å². The summed E-state index contributed by atoms with van der Waals surface area (Å²) in [6.45, 7) is 3.03. The monoisotopic (exact) mass is 296 g/mol. The van der Waals surface area contributed by atoms with E-state index in [9.17, 15) is 0 Å². The van der Waals surface area contributed by atoms with Crippen LogP contribution in [0.3, 0.4) is 0 Å². The Bertz CT molecular complexity index is 518. The van der Waals surface area contributed by atoms with Gasteiger partial charge in [-0.2, -0.15) is 0 Å². The number of aryl methyl sites for hydroxylation is 1. The molecule has 2 aromatic rings. The van der Waals surface area contributed by atoms with E-state index in [-0.39, 0.29) is 0 Å². The first-order valence-corrected chi connectivity index (χ1v) is 8.17. The first kappa shape index (κ1) is 14.8. The topological polar surface area (TPSA) is 38.9 Å². The van der Waals surface area contributed by atoms with Crippen molar-refractivity contribution in [2.45, 2.75) is 39.0 Å². The van der Waals surface area contributed by atoms with Gasteiger partial charge in [0.15, 0.2) is 0 Å². The molecule has 0 spiro atoms. The van der Waals surface area contributed by atoms with Crippen LogP contribution in [0.4, 0.5) is 0 Å². The number of fused-ring (bicyclic) bond motifs is 1. The van der Waals surface area contributed by atoms with Crippen LogP contribution >= 0.6 is 22.9 Å². The van der Waals surface area contributed by atoms with Gasteiger partial charge in [0, 0.05) is 5.02 Å². The van der Waals surface area contributed by atoms with Crippen molar-refractivity contribution in [1.82, 2.24) is 4.98 Å². The van der Waals surface area contributed by atoms with Gasteiger partial charge in [-0.05, 0) is 49.9 Å². The Kier molecular flexibility index (Phi) is 5.61. The molecule has 104 valence electrons. The normalized spacial score (nSPS) is 13.0. The Balaban J connectivity index is 2.00. The lowest BCUT2D eigenvalue weighted by atomic mass is 9.95. The zero-order valence-corrected chi connectivity index (χ0v) is 12.9. The van der Waals surface area contributed by atoms with Gasteiger partial charge in [0.2, 0.25) is 0 Å². The summed E-state index contributed by atoms with van der Waals surface area (Å²) in [4.78, 5) is 4.67. The maximum absolute atomic E-state index is 5.99. The molecule has 1 atom stereocenters. The van der Waals surface area contributed by atoms with Crippen molar-refractivity contribution >= 4 is 33.2 Å². The van der Waals surface area contributed by atoms with Gasteiger partial charge < -0.3 is 5.73 Å². The quantitative estimate of drug-likeness (QED) is 0.808. The maximum Gasteiger partial charge on any atom is 0.0938 e. The van der Waals surface area contributed by atoms with Crippen LogP contribution < -0.4 is 5.73 Å². The fourth-order valence-electron chi connectivity index (χ4n) is 2.46. The molecule has 0 fully saturated rings.